The maximum Gasteiger partial charge on any atom is 0.249 e. The van der Waals surface area contributed by atoms with E-state index in [-0.39, 0.29) is 5.56 Å². The van der Waals surface area contributed by atoms with Crippen molar-refractivity contribution in [1.29, 1.82) is 0 Å². The zero-order valence-corrected chi connectivity index (χ0v) is 6.86. The zero-order valence-electron chi connectivity index (χ0n) is 6.86. The van der Waals surface area contributed by atoms with Gasteiger partial charge in [-0.1, -0.05) is 0 Å². The summed E-state index contributed by atoms with van der Waals surface area (Å²) >= 11 is 0. The van der Waals surface area contributed by atoms with Crippen LogP contribution in [-0.4, -0.2) is 5.91 Å². The molecule has 0 radical (unpaired) electrons. The van der Waals surface area contributed by atoms with E-state index in [1.807, 2.05) is 0 Å². The number of amides is 1. The Morgan fingerprint density at radius 1 is 1.54 bits per heavy atom. The second-order valence-corrected chi connectivity index (χ2v) is 2.51. The number of halogens is 1. The van der Waals surface area contributed by atoms with E-state index in [0.717, 1.165) is 6.07 Å². The van der Waals surface area contributed by atoms with Gasteiger partial charge in [0.15, 0.2) is 0 Å². The van der Waals surface area contributed by atoms with Gasteiger partial charge in [0.25, 0.3) is 0 Å². The molecular weight excluding hydrogens is 173 g/mol. The quantitative estimate of drug-likeness (QED) is 0.371. The summed E-state index contributed by atoms with van der Waals surface area (Å²) in [5.74, 6) is -1.29. The SMILES string of the molecule is Cc1cc(F)cc(C(=O)N=[N+]=[N-])c1. The van der Waals surface area contributed by atoms with Gasteiger partial charge in [-0.05, 0) is 41.3 Å². The smallest absolute Gasteiger partial charge is 0.249 e. The number of aryl methyl sites for hydroxylation is 1. The van der Waals surface area contributed by atoms with Crippen LogP contribution in [0.2, 0.25) is 0 Å². The van der Waals surface area contributed by atoms with Gasteiger partial charge >= 0.3 is 0 Å². The van der Waals surface area contributed by atoms with Crippen molar-refractivity contribution < 1.29 is 9.18 Å². The standard InChI is InChI=1S/C8H6FN3O/c1-5-2-6(4-7(9)3-5)8(13)11-12-10/h2-4H,1H3. The third kappa shape index (κ3) is 2.28. The first-order valence-corrected chi connectivity index (χ1v) is 3.50. The molecule has 0 aliphatic carbocycles. The van der Waals surface area contributed by atoms with Gasteiger partial charge in [0.1, 0.15) is 5.82 Å². The maximum atomic E-state index is 12.7. The van der Waals surface area contributed by atoms with E-state index in [4.69, 9.17) is 5.53 Å². The number of azide groups is 1. The lowest BCUT2D eigenvalue weighted by Crippen LogP contribution is -1.95. The molecule has 0 aliphatic heterocycles. The monoisotopic (exact) mass is 179 g/mol. The summed E-state index contributed by atoms with van der Waals surface area (Å²) in [5.41, 5.74) is 8.65. The average molecular weight is 179 g/mol. The van der Waals surface area contributed by atoms with Gasteiger partial charge in [-0.2, -0.15) is 0 Å². The van der Waals surface area contributed by atoms with Gasteiger partial charge in [-0.3, -0.25) is 4.79 Å². The zero-order chi connectivity index (χ0) is 9.84. The van der Waals surface area contributed by atoms with Gasteiger partial charge in [0.05, 0.1) is 0 Å². The minimum atomic E-state index is -0.773. The number of benzene rings is 1. The first kappa shape index (κ1) is 9.22. The second kappa shape index (κ2) is 3.69. The summed E-state index contributed by atoms with van der Waals surface area (Å²) in [6.07, 6.45) is 0. The van der Waals surface area contributed by atoms with Crippen LogP contribution >= 0.6 is 0 Å². The first-order valence-electron chi connectivity index (χ1n) is 3.50. The van der Waals surface area contributed by atoms with E-state index in [9.17, 15) is 9.18 Å². The predicted molar refractivity (Wildman–Crippen MR) is 44.6 cm³/mol. The molecule has 0 saturated carbocycles. The summed E-state index contributed by atoms with van der Waals surface area (Å²) in [6, 6.07) is 3.77. The molecule has 1 aromatic rings. The van der Waals surface area contributed by atoms with Gasteiger partial charge in [0, 0.05) is 10.5 Å². The minimum absolute atomic E-state index is 0.0651. The van der Waals surface area contributed by atoms with E-state index in [2.05, 4.69) is 10.0 Å². The average Bonchev–Trinajstić information content (AvgIpc) is 2.03. The number of rotatable bonds is 1. The van der Waals surface area contributed by atoms with Crippen LogP contribution in [0.4, 0.5) is 4.39 Å². The third-order valence-corrected chi connectivity index (χ3v) is 1.42. The van der Waals surface area contributed by atoms with Crippen molar-refractivity contribution in [2.24, 2.45) is 5.11 Å². The van der Waals surface area contributed by atoms with Crippen LogP contribution in [0, 0.1) is 12.7 Å². The highest BCUT2D eigenvalue weighted by Crippen LogP contribution is 2.09. The Labute approximate surface area is 73.6 Å². The summed E-state index contributed by atoms with van der Waals surface area (Å²) in [6.45, 7) is 1.65. The molecule has 1 amide bonds. The van der Waals surface area contributed by atoms with E-state index in [1.54, 1.807) is 6.92 Å². The Balaban J connectivity index is 3.15. The Morgan fingerprint density at radius 3 is 2.77 bits per heavy atom. The molecule has 5 heteroatoms. The van der Waals surface area contributed by atoms with Crippen LogP contribution in [-0.2, 0) is 0 Å². The molecule has 0 saturated heterocycles. The first-order chi connectivity index (χ1) is 6.13. The molecule has 0 aromatic heterocycles. The van der Waals surface area contributed by atoms with Crippen molar-refractivity contribution >= 4 is 5.91 Å². The van der Waals surface area contributed by atoms with Crippen molar-refractivity contribution in [2.75, 3.05) is 0 Å². The number of carbonyl (C=O) groups is 1. The minimum Gasteiger partial charge on any atom is -0.287 e. The highest BCUT2D eigenvalue weighted by Gasteiger charge is 2.04. The molecule has 4 nitrogen and oxygen atoms in total. The summed E-state index contributed by atoms with van der Waals surface area (Å²) in [5, 5.41) is 2.85. The summed E-state index contributed by atoms with van der Waals surface area (Å²) < 4.78 is 12.7. The van der Waals surface area contributed by atoms with Gasteiger partial charge < -0.3 is 0 Å². The van der Waals surface area contributed by atoms with Crippen molar-refractivity contribution in [1.82, 2.24) is 0 Å². The third-order valence-electron chi connectivity index (χ3n) is 1.42. The number of nitrogens with zero attached hydrogens (tertiary/aromatic N) is 3. The Morgan fingerprint density at radius 2 is 2.23 bits per heavy atom. The fraction of sp³-hybridized carbons (Fsp3) is 0.125. The number of hydrogen-bond acceptors (Lipinski definition) is 1. The molecule has 13 heavy (non-hydrogen) atoms. The van der Waals surface area contributed by atoms with Gasteiger partial charge in [0.2, 0.25) is 5.91 Å². The van der Waals surface area contributed by atoms with Crippen LogP contribution < -0.4 is 0 Å². The van der Waals surface area contributed by atoms with Crippen LogP contribution in [0.3, 0.4) is 0 Å². The van der Waals surface area contributed by atoms with Crippen molar-refractivity contribution in [3.63, 3.8) is 0 Å². The Kier molecular flexibility index (Phi) is 2.62. The van der Waals surface area contributed by atoms with Crippen LogP contribution in [0.1, 0.15) is 15.9 Å². The molecular formula is C8H6FN3O. The largest absolute Gasteiger partial charge is 0.287 e. The molecule has 0 heterocycles. The Hall–Kier alpha value is -1.87. The van der Waals surface area contributed by atoms with Gasteiger partial charge in [-0.25, -0.2) is 4.39 Å². The van der Waals surface area contributed by atoms with Crippen molar-refractivity contribution in [2.45, 2.75) is 6.92 Å². The van der Waals surface area contributed by atoms with Gasteiger partial charge in [-0.15, -0.1) is 0 Å². The lowest BCUT2D eigenvalue weighted by Gasteiger charge is -1.97. The van der Waals surface area contributed by atoms with Crippen LogP contribution in [0.25, 0.3) is 10.4 Å². The normalized spacial score (nSPS) is 9.08. The lowest BCUT2D eigenvalue weighted by molar-refractivity contribution is 0.1000. The molecule has 1 aromatic carbocycles. The molecule has 0 spiro atoms. The molecule has 0 N–H and O–H groups in total. The van der Waals surface area contributed by atoms with E-state index < -0.39 is 11.7 Å². The second-order valence-electron chi connectivity index (χ2n) is 2.51. The highest BCUT2D eigenvalue weighted by atomic mass is 19.1. The maximum absolute atomic E-state index is 12.7. The van der Waals surface area contributed by atoms with E-state index >= 15 is 0 Å². The molecule has 1 rings (SSSR count). The Bertz CT molecular complexity index is 376. The fourth-order valence-electron chi connectivity index (χ4n) is 0.958. The fourth-order valence-corrected chi connectivity index (χ4v) is 0.958. The molecule has 0 unspecified atom stereocenters. The van der Waals surface area contributed by atoms with E-state index in [0.29, 0.717) is 5.56 Å². The predicted octanol–water partition coefficient (Wildman–Crippen LogP) is 2.58. The number of hydrogen-bond donors (Lipinski definition) is 0. The van der Waals surface area contributed by atoms with E-state index in [1.165, 1.54) is 12.1 Å². The number of carbonyl (C=O) groups excluding carboxylic acids is 1. The topological polar surface area (TPSA) is 65.8 Å². The lowest BCUT2D eigenvalue weighted by atomic mass is 10.1. The molecule has 66 valence electrons. The van der Waals surface area contributed by atoms with Crippen molar-refractivity contribution in [3.05, 3.63) is 45.6 Å². The summed E-state index contributed by atoms with van der Waals surface area (Å²) in [4.78, 5) is 13.3. The van der Waals surface area contributed by atoms with Crippen LogP contribution in [0.15, 0.2) is 23.3 Å². The molecule has 0 fully saturated rings. The molecule has 0 aliphatic rings. The highest BCUT2D eigenvalue weighted by molar-refractivity contribution is 5.95. The molecule has 0 atom stereocenters. The van der Waals surface area contributed by atoms with Crippen molar-refractivity contribution in [3.8, 4) is 0 Å². The van der Waals surface area contributed by atoms with Crippen LogP contribution in [0.5, 0.6) is 0 Å². The summed E-state index contributed by atoms with van der Waals surface area (Å²) in [7, 11) is 0. The molecule has 0 bridgehead atoms.